The van der Waals surface area contributed by atoms with E-state index >= 15 is 0 Å². The second-order valence-corrected chi connectivity index (χ2v) is 4.96. The maximum absolute atomic E-state index is 5.89. The molecule has 0 spiro atoms. The summed E-state index contributed by atoms with van der Waals surface area (Å²) in [7, 11) is 1.70. The topological polar surface area (TPSA) is 18.5 Å². The van der Waals surface area contributed by atoms with Crippen molar-refractivity contribution in [2.75, 3.05) is 7.11 Å². The van der Waals surface area contributed by atoms with E-state index in [4.69, 9.17) is 9.47 Å². The summed E-state index contributed by atoms with van der Waals surface area (Å²) in [4.78, 5) is 0. The van der Waals surface area contributed by atoms with Crippen molar-refractivity contribution >= 4 is 10.8 Å². The fourth-order valence-corrected chi connectivity index (χ4v) is 2.86. The molecule has 0 saturated carbocycles. The molecule has 1 heterocycles. The van der Waals surface area contributed by atoms with Crippen LogP contribution in [0.3, 0.4) is 0 Å². The van der Waals surface area contributed by atoms with Crippen LogP contribution in [0.1, 0.15) is 5.56 Å². The average Bonchev–Trinajstić information content (AvgIpc) is 2.53. The molecule has 3 aromatic carbocycles. The molecule has 3 aromatic rings. The van der Waals surface area contributed by atoms with Gasteiger partial charge in [-0.2, -0.15) is 0 Å². The van der Waals surface area contributed by atoms with Crippen molar-refractivity contribution < 1.29 is 9.47 Å². The number of hydrogen-bond donors (Lipinski definition) is 0. The van der Waals surface area contributed by atoms with Crippen LogP contribution in [-0.4, -0.2) is 7.11 Å². The van der Waals surface area contributed by atoms with Gasteiger partial charge < -0.3 is 9.47 Å². The maximum atomic E-state index is 5.89. The third-order valence-corrected chi connectivity index (χ3v) is 3.89. The largest absolute Gasteiger partial charge is 0.497 e. The third kappa shape index (κ3) is 1.58. The summed E-state index contributed by atoms with van der Waals surface area (Å²) in [5, 5.41) is 2.42. The van der Waals surface area contributed by atoms with Gasteiger partial charge in [-0.25, -0.2) is 0 Å². The summed E-state index contributed by atoms with van der Waals surface area (Å²) < 4.78 is 11.2. The van der Waals surface area contributed by atoms with Crippen molar-refractivity contribution in [2.24, 2.45) is 0 Å². The van der Waals surface area contributed by atoms with Gasteiger partial charge in [0, 0.05) is 11.1 Å². The van der Waals surface area contributed by atoms with Gasteiger partial charge in [0.25, 0.3) is 0 Å². The molecule has 2 heteroatoms. The van der Waals surface area contributed by atoms with Crippen molar-refractivity contribution in [3.05, 3.63) is 60.2 Å². The van der Waals surface area contributed by atoms with Crippen molar-refractivity contribution in [3.63, 3.8) is 0 Å². The number of hydrogen-bond acceptors (Lipinski definition) is 2. The van der Waals surface area contributed by atoms with E-state index in [-0.39, 0.29) is 0 Å². The Morgan fingerprint density at radius 2 is 1.80 bits per heavy atom. The SMILES string of the molecule is COc1ccc2ccc3c(c2c1)COc1ccccc1-3. The van der Waals surface area contributed by atoms with Crippen LogP contribution in [0, 0.1) is 0 Å². The Balaban J connectivity index is 2.03. The summed E-state index contributed by atoms with van der Waals surface area (Å²) >= 11 is 0. The van der Waals surface area contributed by atoms with Gasteiger partial charge in [0.1, 0.15) is 18.1 Å². The minimum absolute atomic E-state index is 0.608. The number of fused-ring (bicyclic) bond motifs is 5. The first-order valence-corrected chi connectivity index (χ1v) is 6.68. The zero-order valence-electron chi connectivity index (χ0n) is 11.2. The zero-order valence-corrected chi connectivity index (χ0v) is 11.2. The Kier molecular flexibility index (Phi) is 2.43. The van der Waals surface area contributed by atoms with E-state index in [1.54, 1.807) is 7.11 Å². The van der Waals surface area contributed by atoms with Crippen molar-refractivity contribution in [3.8, 4) is 22.6 Å². The molecule has 0 bridgehead atoms. The van der Waals surface area contributed by atoms with Crippen LogP contribution in [-0.2, 0) is 6.61 Å². The van der Waals surface area contributed by atoms with Crippen LogP contribution in [0.2, 0.25) is 0 Å². The van der Waals surface area contributed by atoms with E-state index in [9.17, 15) is 0 Å². The van der Waals surface area contributed by atoms with Gasteiger partial charge in [-0.3, -0.25) is 0 Å². The standard InChI is InChI=1S/C18H14O2/c1-19-13-8-6-12-7-9-14-15-4-2-3-5-18(15)20-11-17(14)16(12)10-13/h2-10H,11H2,1H3. The molecule has 0 fully saturated rings. The molecular formula is C18H14O2. The number of rotatable bonds is 1. The van der Waals surface area contributed by atoms with E-state index in [2.05, 4.69) is 30.3 Å². The van der Waals surface area contributed by atoms with Crippen molar-refractivity contribution in [2.45, 2.75) is 6.61 Å². The van der Waals surface area contributed by atoms with Crippen molar-refractivity contribution in [1.82, 2.24) is 0 Å². The van der Waals surface area contributed by atoms with Crippen LogP contribution >= 0.6 is 0 Å². The van der Waals surface area contributed by atoms with E-state index in [0.29, 0.717) is 6.61 Å². The summed E-state index contributed by atoms with van der Waals surface area (Å²) in [6.45, 7) is 0.608. The first-order valence-electron chi connectivity index (χ1n) is 6.68. The van der Waals surface area contributed by atoms with Gasteiger partial charge >= 0.3 is 0 Å². The van der Waals surface area contributed by atoms with E-state index in [1.807, 2.05) is 24.3 Å². The van der Waals surface area contributed by atoms with Crippen LogP contribution in [0.25, 0.3) is 21.9 Å². The van der Waals surface area contributed by atoms with E-state index in [1.165, 1.54) is 27.5 Å². The van der Waals surface area contributed by atoms with Gasteiger partial charge in [-0.1, -0.05) is 36.4 Å². The second-order valence-electron chi connectivity index (χ2n) is 4.96. The molecular weight excluding hydrogens is 248 g/mol. The Morgan fingerprint density at radius 1 is 0.950 bits per heavy atom. The first kappa shape index (κ1) is 11.4. The molecule has 0 amide bonds. The molecule has 2 nitrogen and oxygen atoms in total. The molecule has 0 radical (unpaired) electrons. The van der Waals surface area contributed by atoms with Gasteiger partial charge in [0.15, 0.2) is 0 Å². The highest BCUT2D eigenvalue weighted by Gasteiger charge is 2.18. The average molecular weight is 262 g/mol. The highest BCUT2D eigenvalue weighted by Crippen LogP contribution is 2.40. The predicted molar refractivity (Wildman–Crippen MR) is 80.3 cm³/mol. The van der Waals surface area contributed by atoms with E-state index in [0.717, 1.165) is 11.5 Å². The normalized spacial score (nSPS) is 12.4. The van der Waals surface area contributed by atoms with Crippen LogP contribution in [0.4, 0.5) is 0 Å². The number of para-hydroxylation sites is 1. The molecule has 0 unspecified atom stereocenters. The molecule has 4 rings (SSSR count). The van der Waals surface area contributed by atoms with Crippen LogP contribution in [0.15, 0.2) is 54.6 Å². The van der Waals surface area contributed by atoms with Gasteiger partial charge in [0.05, 0.1) is 7.11 Å². The predicted octanol–water partition coefficient (Wildman–Crippen LogP) is 4.41. The zero-order chi connectivity index (χ0) is 13.5. The lowest BCUT2D eigenvalue weighted by Gasteiger charge is -2.22. The highest BCUT2D eigenvalue weighted by molar-refractivity contribution is 5.94. The number of ether oxygens (including phenoxy) is 2. The molecule has 98 valence electrons. The lowest BCUT2D eigenvalue weighted by Crippen LogP contribution is -2.06. The smallest absolute Gasteiger partial charge is 0.127 e. The first-order chi connectivity index (χ1) is 9.86. The Labute approximate surface area is 117 Å². The fraction of sp³-hybridized carbons (Fsp3) is 0.111. The molecule has 0 N–H and O–H groups in total. The quantitative estimate of drug-likeness (QED) is 0.646. The molecule has 0 aliphatic carbocycles. The monoisotopic (exact) mass is 262 g/mol. The Bertz CT molecular complexity index is 806. The maximum Gasteiger partial charge on any atom is 0.127 e. The minimum atomic E-state index is 0.608. The Hall–Kier alpha value is -2.48. The number of methoxy groups -OCH3 is 1. The van der Waals surface area contributed by atoms with Crippen molar-refractivity contribution in [1.29, 1.82) is 0 Å². The summed E-state index contributed by atoms with van der Waals surface area (Å²) in [6, 6.07) is 18.7. The highest BCUT2D eigenvalue weighted by atomic mass is 16.5. The Morgan fingerprint density at radius 3 is 2.70 bits per heavy atom. The number of benzene rings is 3. The molecule has 1 aliphatic rings. The van der Waals surface area contributed by atoms with E-state index < -0.39 is 0 Å². The van der Waals surface area contributed by atoms with Crippen LogP contribution < -0.4 is 9.47 Å². The fourth-order valence-electron chi connectivity index (χ4n) is 2.86. The summed E-state index contributed by atoms with van der Waals surface area (Å²) in [5.41, 5.74) is 3.66. The van der Waals surface area contributed by atoms with Gasteiger partial charge in [-0.05, 0) is 34.5 Å². The van der Waals surface area contributed by atoms with Gasteiger partial charge in [0.2, 0.25) is 0 Å². The minimum Gasteiger partial charge on any atom is -0.497 e. The third-order valence-electron chi connectivity index (χ3n) is 3.89. The molecule has 0 aromatic heterocycles. The summed E-state index contributed by atoms with van der Waals surface area (Å²) in [5.74, 6) is 1.84. The lowest BCUT2D eigenvalue weighted by atomic mass is 9.92. The lowest BCUT2D eigenvalue weighted by molar-refractivity contribution is 0.304. The van der Waals surface area contributed by atoms with Gasteiger partial charge in [-0.15, -0.1) is 0 Å². The van der Waals surface area contributed by atoms with Crippen LogP contribution in [0.5, 0.6) is 11.5 Å². The molecule has 0 saturated heterocycles. The second kappa shape index (κ2) is 4.27. The summed E-state index contributed by atoms with van der Waals surface area (Å²) in [6.07, 6.45) is 0. The molecule has 20 heavy (non-hydrogen) atoms. The molecule has 0 atom stereocenters. The molecule has 1 aliphatic heterocycles.